The number of nitrogens with one attached hydrogen (secondary N) is 1. The van der Waals surface area contributed by atoms with Crippen LogP contribution in [0.25, 0.3) is 16.9 Å². The minimum atomic E-state index is 0.564. The second-order valence-corrected chi connectivity index (χ2v) is 4.84. The summed E-state index contributed by atoms with van der Waals surface area (Å²) in [5.74, 6) is 0.564. The number of hydrogen-bond donors (Lipinski definition) is 1. The number of benzene rings is 1. The highest BCUT2D eigenvalue weighted by atomic mass is 15.4. The van der Waals surface area contributed by atoms with Crippen LogP contribution in [-0.2, 0) is 0 Å². The zero-order valence-electron chi connectivity index (χ0n) is 11.7. The molecule has 0 spiro atoms. The first-order valence-corrected chi connectivity index (χ1v) is 6.98. The first-order valence-electron chi connectivity index (χ1n) is 6.98. The minimum absolute atomic E-state index is 0.564. The summed E-state index contributed by atoms with van der Waals surface area (Å²) in [4.78, 5) is 8.51. The van der Waals surface area contributed by atoms with E-state index in [1.165, 1.54) is 0 Å². The SMILES string of the molecule is c1ccc(-c2cccc3nc(Nc4ccncc4)nn23)cc1. The van der Waals surface area contributed by atoms with Crippen LogP contribution in [0.2, 0.25) is 0 Å². The van der Waals surface area contributed by atoms with Crippen LogP contribution in [0, 0.1) is 0 Å². The topological polar surface area (TPSA) is 55.1 Å². The largest absolute Gasteiger partial charge is 0.323 e. The van der Waals surface area contributed by atoms with E-state index in [4.69, 9.17) is 0 Å². The maximum absolute atomic E-state index is 4.56. The molecule has 4 rings (SSSR count). The summed E-state index contributed by atoms with van der Waals surface area (Å²) >= 11 is 0. The number of pyridine rings is 2. The number of nitrogens with zero attached hydrogens (tertiary/aromatic N) is 4. The molecule has 0 aliphatic rings. The highest BCUT2D eigenvalue weighted by molar-refractivity contribution is 5.64. The van der Waals surface area contributed by atoms with Crippen molar-refractivity contribution in [1.29, 1.82) is 0 Å². The molecule has 0 saturated heterocycles. The van der Waals surface area contributed by atoms with Crippen molar-refractivity contribution >= 4 is 17.3 Å². The molecule has 0 amide bonds. The number of anilines is 2. The van der Waals surface area contributed by atoms with Gasteiger partial charge in [-0.15, -0.1) is 5.10 Å². The lowest BCUT2D eigenvalue weighted by atomic mass is 10.1. The van der Waals surface area contributed by atoms with Gasteiger partial charge in [-0.05, 0) is 24.3 Å². The highest BCUT2D eigenvalue weighted by Crippen LogP contribution is 2.21. The summed E-state index contributed by atoms with van der Waals surface area (Å²) in [6.45, 7) is 0. The number of fused-ring (bicyclic) bond motifs is 1. The van der Waals surface area contributed by atoms with E-state index in [-0.39, 0.29) is 0 Å². The van der Waals surface area contributed by atoms with Gasteiger partial charge in [0.25, 0.3) is 0 Å². The van der Waals surface area contributed by atoms with E-state index in [1.54, 1.807) is 12.4 Å². The predicted octanol–water partition coefficient (Wildman–Crippen LogP) is 3.53. The van der Waals surface area contributed by atoms with Crippen molar-refractivity contribution in [1.82, 2.24) is 19.6 Å². The van der Waals surface area contributed by atoms with Gasteiger partial charge in [-0.25, -0.2) is 4.52 Å². The number of aromatic nitrogens is 4. The van der Waals surface area contributed by atoms with Gasteiger partial charge < -0.3 is 5.32 Å². The average Bonchev–Trinajstić information content (AvgIpc) is 2.99. The van der Waals surface area contributed by atoms with Crippen LogP contribution in [0.15, 0.2) is 73.1 Å². The molecule has 0 bridgehead atoms. The van der Waals surface area contributed by atoms with Gasteiger partial charge in [0, 0.05) is 23.6 Å². The molecule has 106 valence electrons. The summed E-state index contributed by atoms with van der Waals surface area (Å²) in [6.07, 6.45) is 3.46. The van der Waals surface area contributed by atoms with E-state index in [9.17, 15) is 0 Å². The van der Waals surface area contributed by atoms with E-state index in [0.717, 1.165) is 22.6 Å². The summed E-state index contributed by atoms with van der Waals surface area (Å²) in [5, 5.41) is 7.75. The Balaban J connectivity index is 1.78. The van der Waals surface area contributed by atoms with Gasteiger partial charge >= 0.3 is 0 Å². The molecule has 0 unspecified atom stereocenters. The second kappa shape index (κ2) is 5.29. The Kier molecular flexibility index (Phi) is 3.01. The predicted molar refractivity (Wildman–Crippen MR) is 85.9 cm³/mol. The fraction of sp³-hybridized carbons (Fsp3) is 0. The van der Waals surface area contributed by atoms with E-state index in [2.05, 4.69) is 32.5 Å². The number of hydrogen-bond acceptors (Lipinski definition) is 4. The Morgan fingerprint density at radius 1 is 0.818 bits per heavy atom. The van der Waals surface area contributed by atoms with Crippen molar-refractivity contribution in [2.45, 2.75) is 0 Å². The van der Waals surface area contributed by atoms with Gasteiger partial charge in [-0.1, -0.05) is 36.4 Å². The minimum Gasteiger partial charge on any atom is -0.323 e. The molecule has 3 heterocycles. The molecule has 0 radical (unpaired) electrons. The fourth-order valence-electron chi connectivity index (χ4n) is 2.35. The zero-order chi connectivity index (χ0) is 14.8. The van der Waals surface area contributed by atoms with Crippen molar-refractivity contribution in [3.05, 3.63) is 73.1 Å². The molecule has 4 aromatic rings. The molecule has 1 aromatic carbocycles. The van der Waals surface area contributed by atoms with Crippen LogP contribution < -0.4 is 5.32 Å². The summed E-state index contributed by atoms with van der Waals surface area (Å²) in [7, 11) is 0. The van der Waals surface area contributed by atoms with E-state index >= 15 is 0 Å². The lowest BCUT2D eigenvalue weighted by Crippen LogP contribution is -1.95. The molecule has 3 aromatic heterocycles. The molecular weight excluding hydrogens is 274 g/mol. The Morgan fingerprint density at radius 3 is 2.45 bits per heavy atom. The molecule has 1 N–H and O–H groups in total. The summed E-state index contributed by atoms with van der Waals surface area (Å²) in [5.41, 5.74) is 3.83. The molecule has 0 saturated carbocycles. The molecular formula is C17H13N5. The van der Waals surface area contributed by atoms with Crippen LogP contribution >= 0.6 is 0 Å². The Hall–Kier alpha value is -3.21. The van der Waals surface area contributed by atoms with Crippen molar-refractivity contribution in [3.8, 4) is 11.3 Å². The third-order valence-electron chi connectivity index (χ3n) is 3.37. The maximum atomic E-state index is 4.56. The first kappa shape index (κ1) is 12.5. The second-order valence-electron chi connectivity index (χ2n) is 4.84. The first-order chi connectivity index (χ1) is 10.9. The summed E-state index contributed by atoms with van der Waals surface area (Å²) in [6, 6.07) is 19.9. The maximum Gasteiger partial charge on any atom is 0.247 e. The molecule has 5 heteroatoms. The van der Waals surface area contributed by atoms with E-state index in [0.29, 0.717) is 5.95 Å². The monoisotopic (exact) mass is 287 g/mol. The number of rotatable bonds is 3. The van der Waals surface area contributed by atoms with Gasteiger partial charge in [0.1, 0.15) is 0 Å². The smallest absolute Gasteiger partial charge is 0.247 e. The van der Waals surface area contributed by atoms with Gasteiger partial charge in [-0.2, -0.15) is 4.98 Å². The van der Waals surface area contributed by atoms with Crippen LogP contribution in [0.5, 0.6) is 0 Å². The van der Waals surface area contributed by atoms with Gasteiger partial charge in [-0.3, -0.25) is 4.98 Å². The lowest BCUT2D eigenvalue weighted by Gasteiger charge is -2.03. The lowest BCUT2D eigenvalue weighted by molar-refractivity contribution is 0.973. The van der Waals surface area contributed by atoms with Crippen molar-refractivity contribution in [2.75, 3.05) is 5.32 Å². The van der Waals surface area contributed by atoms with Gasteiger partial charge in [0.2, 0.25) is 5.95 Å². The zero-order valence-corrected chi connectivity index (χ0v) is 11.7. The quantitative estimate of drug-likeness (QED) is 0.626. The van der Waals surface area contributed by atoms with Crippen LogP contribution in [0.3, 0.4) is 0 Å². The van der Waals surface area contributed by atoms with E-state index in [1.807, 2.05) is 53.0 Å². The highest BCUT2D eigenvalue weighted by Gasteiger charge is 2.08. The summed E-state index contributed by atoms with van der Waals surface area (Å²) < 4.78 is 1.85. The van der Waals surface area contributed by atoms with Crippen LogP contribution in [-0.4, -0.2) is 19.6 Å². The van der Waals surface area contributed by atoms with Gasteiger partial charge in [0.15, 0.2) is 5.65 Å². The average molecular weight is 287 g/mol. The third kappa shape index (κ3) is 2.29. The molecule has 22 heavy (non-hydrogen) atoms. The van der Waals surface area contributed by atoms with Crippen molar-refractivity contribution in [2.24, 2.45) is 0 Å². The van der Waals surface area contributed by atoms with Crippen LogP contribution in [0.1, 0.15) is 0 Å². The van der Waals surface area contributed by atoms with Crippen molar-refractivity contribution in [3.63, 3.8) is 0 Å². The van der Waals surface area contributed by atoms with Gasteiger partial charge in [0.05, 0.1) is 5.69 Å². The van der Waals surface area contributed by atoms with Crippen LogP contribution in [0.4, 0.5) is 11.6 Å². The Bertz CT molecular complexity index is 900. The molecule has 0 aliphatic heterocycles. The fourth-order valence-corrected chi connectivity index (χ4v) is 2.35. The molecule has 0 fully saturated rings. The third-order valence-corrected chi connectivity index (χ3v) is 3.37. The van der Waals surface area contributed by atoms with Crippen molar-refractivity contribution < 1.29 is 0 Å². The molecule has 0 aliphatic carbocycles. The Morgan fingerprint density at radius 2 is 1.64 bits per heavy atom. The van der Waals surface area contributed by atoms with E-state index < -0.39 is 0 Å². The standard InChI is InChI=1S/C17H13N5/c1-2-5-13(6-3-1)15-7-4-8-16-20-17(21-22(15)16)19-14-9-11-18-12-10-14/h1-12H,(H,18,19,21). The molecule has 0 atom stereocenters. The molecule has 5 nitrogen and oxygen atoms in total. The normalized spacial score (nSPS) is 10.7. The Labute approximate surface area is 127 Å².